The zero-order valence-electron chi connectivity index (χ0n) is 11.7. The lowest BCUT2D eigenvalue weighted by atomic mass is 10.1. The van der Waals surface area contributed by atoms with Crippen molar-refractivity contribution in [2.75, 3.05) is 6.61 Å². The van der Waals surface area contributed by atoms with Gasteiger partial charge in [-0.05, 0) is 18.9 Å². The Bertz CT molecular complexity index is 336. The van der Waals surface area contributed by atoms with Gasteiger partial charge in [-0.3, -0.25) is 0 Å². The van der Waals surface area contributed by atoms with E-state index in [0.29, 0.717) is 0 Å². The van der Waals surface area contributed by atoms with E-state index < -0.39 is 0 Å². The maximum absolute atomic E-state index is 5.94. The van der Waals surface area contributed by atoms with Gasteiger partial charge in [0.25, 0.3) is 0 Å². The summed E-state index contributed by atoms with van der Waals surface area (Å²) in [5.74, 6) is 1.07. The number of ether oxygens (including phenoxy) is 1. The van der Waals surface area contributed by atoms with Crippen LogP contribution < -0.4 is 4.74 Å². The number of unbranched alkanes of at least 4 members (excludes halogenated alkanes) is 5. The summed E-state index contributed by atoms with van der Waals surface area (Å²) in [6.07, 6.45) is 7.85. The largest absolute Gasteiger partial charge is 0.493 e. The van der Waals surface area contributed by atoms with E-state index in [1.165, 1.54) is 49.7 Å². The van der Waals surface area contributed by atoms with E-state index in [-0.39, 0.29) is 0 Å². The molecule has 1 rings (SSSR count). The first-order valence-corrected chi connectivity index (χ1v) is 8.19. The second-order valence-corrected chi connectivity index (χ2v) is 5.37. The first kappa shape index (κ1) is 15.6. The molecular weight excluding hydrogens is 288 g/mol. The van der Waals surface area contributed by atoms with Crippen molar-refractivity contribution < 1.29 is 4.74 Å². The van der Waals surface area contributed by atoms with E-state index in [1.54, 1.807) is 0 Å². The number of alkyl halides is 1. The number of halogens is 1. The van der Waals surface area contributed by atoms with Gasteiger partial charge in [0.1, 0.15) is 5.75 Å². The zero-order valence-corrected chi connectivity index (χ0v) is 13.3. The molecule has 0 aliphatic heterocycles. The third kappa shape index (κ3) is 5.43. The molecule has 0 spiro atoms. The minimum absolute atomic E-state index is 0.844. The highest BCUT2D eigenvalue weighted by Crippen LogP contribution is 2.25. The molecular formula is C16H25BrO. The lowest BCUT2D eigenvalue weighted by Crippen LogP contribution is -2.01. The van der Waals surface area contributed by atoms with Crippen molar-refractivity contribution in [1.29, 1.82) is 0 Å². The molecule has 102 valence electrons. The Morgan fingerprint density at radius 3 is 2.50 bits per heavy atom. The second-order valence-electron chi connectivity index (χ2n) is 4.81. The van der Waals surface area contributed by atoms with Crippen molar-refractivity contribution in [3.63, 3.8) is 0 Å². The van der Waals surface area contributed by atoms with Gasteiger partial charge in [-0.2, -0.15) is 0 Å². The molecule has 0 bridgehead atoms. The van der Waals surface area contributed by atoms with Gasteiger partial charge < -0.3 is 4.74 Å². The lowest BCUT2D eigenvalue weighted by Gasteiger charge is -2.12. The first-order valence-electron chi connectivity index (χ1n) is 7.06. The fraction of sp³-hybridized carbons (Fsp3) is 0.625. The van der Waals surface area contributed by atoms with Crippen LogP contribution in [0.2, 0.25) is 0 Å². The van der Waals surface area contributed by atoms with E-state index in [4.69, 9.17) is 4.74 Å². The summed E-state index contributed by atoms with van der Waals surface area (Å²) in [6.45, 7) is 5.21. The van der Waals surface area contributed by atoms with Gasteiger partial charge in [-0.1, -0.05) is 73.2 Å². The molecule has 0 amide bonds. The van der Waals surface area contributed by atoms with Gasteiger partial charge >= 0.3 is 0 Å². The summed E-state index contributed by atoms with van der Waals surface area (Å²) in [5, 5.41) is 0.862. The third-order valence-electron chi connectivity index (χ3n) is 3.18. The molecule has 0 radical (unpaired) electrons. The molecule has 0 heterocycles. The summed E-state index contributed by atoms with van der Waals surface area (Å²) in [7, 11) is 0. The number of para-hydroxylation sites is 1. The van der Waals surface area contributed by atoms with E-state index in [0.717, 1.165) is 17.7 Å². The van der Waals surface area contributed by atoms with E-state index in [1.807, 2.05) is 0 Å². The summed E-state index contributed by atoms with van der Waals surface area (Å²) in [5.41, 5.74) is 2.49. The smallest absolute Gasteiger partial charge is 0.126 e. The molecule has 0 aliphatic carbocycles. The quantitative estimate of drug-likeness (QED) is 0.424. The van der Waals surface area contributed by atoms with Gasteiger partial charge in [0.05, 0.1) is 6.61 Å². The highest BCUT2D eigenvalue weighted by molar-refractivity contribution is 9.08. The molecule has 0 aliphatic rings. The topological polar surface area (TPSA) is 9.23 Å². The van der Waals surface area contributed by atoms with Crippen LogP contribution in [0.3, 0.4) is 0 Å². The van der Waals surface area contributed by atoms with Crippen molar-refractivity contribution >= 4 is 15.9 Å². The Balaban J connectivity index is 2.26. The summed E-state index contributed by atoms with van der Waals surface area (Å²) in [4.78, 5) is 0. The van der Waals surface area contributed by atoms with E-state index in [9.17, 15) is 0 Å². The number of benzene rings is 1. The summed E-state index contributed by atoms with van der Waals surface area (Å²) in [6, 6.07) is 6.32. The minimum Gasteiger partial charge on any atom is -0.493 e. The predicted molar refractivity (Wildman–Crippen MR) is 82.7 cm³/mol. The van der Waals surface area contributed by atoms with Crippen LogP contribution in [0.1, 0.15) is 56.6 Å². The number of hydrogen-bond acceptors (Lipinski definition) is 1. The minimum atomic E-state index is 0.844. The van der Waals surface area contributed by atoms with Gasteiger partial charge in [-0.15, -0.1) is 0 Å². The molecule has 0 N–H and O–H groups in total. The van der Waals surface area contributed by atoms with Gasteiger partial charge in [-0.25, -0.2) is 0 Å². The summed E-state index contributed by atoms with van der Waals surface area (Å²) < 4.78 is 5.94. The van der Waals surface area contributed by atoms with Crippen LogP contribution in [-0.2, 0) is 5.33 Å². The standard InChI is InChI=1S/C16H25BrO/c1-3-4-5-6-7-8-12-18-16-14(2)10-9-11-15(16)13-17/h9-11H,3-8,12-13H2,1-2H3. The highest BCUT2D eigenvalue weighted by atomic mass is 79.9. The molecule has 0 atom stereocenters. The van der Waals surface area contributed by atoms with Crippen LogP contribution in [0.15, 0.2) is 18.2 Å². The number of rotatable bonds is 9. The van der Waals surface area contributed by atoms with E-state index in [2.05, 4.69) is 48.0 Å². The SMILES string of the molecule is CCCCCCCCOc1c(C)cccc1CBr. The molecule has 0 fully saturated rings. The van der Waals surface area contributed by atoms with Crippen LogP contribution in [0.4, 0.5) is 0 Å². The van der Waals surface area contributed by atoms with Crippen molar-refractivity contribution in [3.8, 4) is 5.75 Å². The zero-order chi connectivity index (χ0) is 13.2. The maximum Gasteiger partial charge on any atom is 0.126 e. The van der Waals surface area contributed by atoms with Gasteiger partial charge in [0.15, 0.2) is 0 Å². The predicted octanol–water partition coefficient (Wildman–Crippen LogP) is 5.63. The van der Waals surface area contributed by atoms with E-state index >= 15 is 0 Å². The first-order chi connectivity index (χ1) is 8.79. The van der Waals surface area contributed by atoms with Gasteiger partial charge in [0.2, 0.25) is 0 Å². The average Bonchev–Trinajstić information content (AvgIpc) is 2.39. The lowest BCUT2D eigenvalue weighted by molar-refractivity contribution is 0.300. The second kappa shape index (κ2) is 9.43. The molecule has 0 aromatic heterocycles. The molecule has 1 nitrogen and oxygen atoms in total. The fourth-order valence-corrected chi connectivity index (χ4v) is 2.52. The van der Waals surface area contributed by atoms with Gasteiger partial charge in [0, 0.05) is 10.9 Å². The normalized spacial score (nSPS) is 10.6. The fourth-order valence-electron chi connectivity index (χ4n) is 2.08. The van der Waals surface area contributed by atoms with Crippen molar-refractivity contribution in [1.82, 2.24) is 0 Å². The molecule has 1 aromatic rings. The number of hydrogen-bond donors (Lipinski definition) is 0. The Morgan fingerprint density at radius 1 is 1.06 bits per heavy atom. The van der Waals surface area contributed by atoms with Crippen LogP contribution >= 0.6 is 15.9 Å². The molecule has 0 unspecified atom stereocenters. The van der Waals surface area contributed by atoms with Crippen molar-refractivity contribution in [2.45, 2.75) is 57.7 Å². The molecule has 1 aromatic carbocycles. The average molecular weight is 313 g/mol. The number of aryl methyl sites for hydroxylation is 1. The maximum atomic E-state index is 5.94. The molecule has 2 heteroatoms. The Hall–Kier alpha value is -0.500. The third-order valence-corrected chi connectivity index (χ3v) is 3.79. The Morgan fingerprint density at radius 2 is 1.78 bits per heavy atom. The molecule has 18 heavy (non-hydrogen) atoms. The van der Waals surface area contributed by atoms with Crippen LogP contribution in [0.25, 0.3) is 0 Å². The Kier molecular flexibility index (Phi) is 8.15. The van der Waals surface area contributed by atoms with Crippen molar-refractivity contribution in [2.24, 2.45) is 0 Å². The molecule has 0 saturated carbocycles. The van der Waals surface area contributed by atoms with Crippen LogP contribution in [-0.4, -0.2) is 6.61 Å². The molecule has 0 saturated heterocycles. The monoisotopic (exact) mass is 312 g/mol. The van der Waals surface area contributed by atoms with Crippen LogP contribution in [0.5, 0.6) is 5.75 Å². The van der Waals surface area contributed by atoms with Crippen LogP contribution in [0, 0.1) is 6.92 Å². The van der Waals surface area contributed by atoms with Crippen molar-refractivity contribution in [3.05, 3.63) is 29.3 Å². The summed E-state index contributed by atoms with van der Waals surface area (Å²) >= 11 is 3.51. The highest BCUT2D eigenvalue weighted by Gasteiger charge is 2.05. The Labute approximate surface area is 120 Å².